The molecule has 74 valence electrons. The zero-order chi connectivity index (χ0) is 9.84. The minimum Gasteiger partial charge on any atom is -0.379 e. The maximum atomic E-state index is 5.39. The van der Waals surface area contributed by atoms with Gasteiger partial charge in [-0.15, -0.1) is 5.10 Å². The molecule has 2 N–H and O–H groups in total. The van der Waals surface area contributed by atoms with Gasteiger partial charge in [-0.1, -0.05) is 13.8 Å². The van der Waals surface area contributed by atoms with Crippen LogP contribution in [-0.4, -0.2) is 28.0 Å². The number of nitrogens with zero attached hydrogens (tertiary/aromatic N) is 3. The number of aromatic nitrogens is 3. The van der Waals surface area contributed by atoms with E-state index in [1.165, 1.54) is 0 Å². The third kappa shape index (κ3) is 2.69. The van der Waals surface area contributed by atoms with Crippen LogP contribution in [-0.2, 0) is 11.3 Å². The van der Waals surface area contributed by atoms with Crippen molar-refractivity contribution < 1.29 is 4.74 Å². The van der Waals surface area contributed by atoms with Gasteiger partial charge in [0.25, 0.3) is 0 Å². The SMILES string of the molecule is COC(Cn1cnc(N)n1)C(C)C. The fourth-order valence-electron chi connectivity index (χ4n) is 1.14. The number of ether oxygens (including phenoxy) is 1. The maximum absolute atomic E-state index is 5.39. The summed E-state index contributed by atoms with van der Waals surface area (Å²) in [5, 5.41) is 3.98. The molecule has 1 aromatic rings. The van der Waals surface area contributed by atoms with Crippen LogP contribution < -0.4 is 5.73 Å². The summed E-state index contributed by atoms with van der Waals surface area (Å²) in [4.78, 5) is 3.84. The first-order chi connectivity index (χ1) is 6.13. The highest BCUT2D eigenvalue weighted by Crippen LogP contribution is 2.07. The van der Waals surface area contributed by atoms with Gasteiger partial charge in [-0.2, -0.15) is 0 Å². The molecule has 0 fully saturated rings. The normalized spacial score (nSPS) is 13.5. The van der Waals surface area contributed by atoms with Gasteiger partial charge in [-0.25, -0.2) is 9.67 Å². The van der Waals surface area contributed by atoms with Crippen molar-refractivity contribution in [2.75, 3.05) is 12.8 Å². The van der Waals surface area contributed by atoms with Gasteiger partial charge in [0.1, 0.15) is 6.33 Å². The van der Waals surface area contributed by atoms with Crippen LogP contribution in [0.1, 0.15) is 13.8 Å². The van der Waals surface area contributed by atoms with Gasteiger partial charge in [0.15, 0.2) is 0 Å². The summed E-state index contributed by atoms with van der Waals surface area (Å²) in [5.41, 5.74) is 5.39. The molecule has 0 bridgehead atoms. The molecule has 1 heterocycles. The first-order valence-electron chi connectivity index (χ1n) is 4.31. The second kappa shape index (κ2) is 4.23. The Kier molecular flexibility index (Phi) is 3.25. The van der Waals surface area contributed by atoms with Crippen molar-refractivity contribution in [3.05, 3.63) is 6.33 Å². The molecule has 1 atom stereocenters. The lowest BCUT2D eigenvalue weighted by Crippen LogP contribution is -2.24. The largest absolute Gasteiger partial charge is 0.379 e. The summed E-state index contributed by atoms with van der Waals surface area (Å²) in [6, 6.07) is 0. The summed E-state index contributed by atoms with van der Waals surface area (Å²) in [6.45, 7) is 4.90. The van der Waals surface area contributed by atoms with E-state index in [-0.39, 0.29) is 6.10 Å². The molecule has 0 aliphatic heterocycles. The molecule has 0 radical (unpaired) electrons. The van der Waals surface area contributed by atoms with Gasteiger partial charge in [0.2, 0.25) is 5.95 Å². The molecule has 0 aliphatic rings. The first kappa shape index (κ1) is 9.98. The van der Waals surface area contributed by atoms with Crippen molar-refractivity contribution in [2.24, 2.45) is 5.92 Å². The number of methoxy groups -OCH3 is 1. The highest BCUT2D eigenvalue weighted by Gasteiger charge is 2.13. The van der Waals surface area contributed by atoms with Crippen molar-refractivity contribution in [1.82, 2.24) is 14.8 Å². The zero-order valence-corrected chi connectivity index (χ0v) is 8.27. The Balaban J connectivity index is 2.56. The standard InChI is InChI=1S/C8H16N4O/c1-6(2)7(13-3)4-12-5-10-8(9)11-12/h5-7H,4H2,1-3H3,(H2,9,11). The van der Waals surface area contributed by atoms with Gasteiger partial charge in [0.05, 0.1) is 12.6 Å². The van der Waals surface area contributed by atoms with E-state index in [1.807, 2.05) is 0 Å². The predicted molar refractivity (Wildman–Crippen MR) is 50.1 cm³/mol. The van der Waals surface area contributed by atoms with Crippen LogP contribution in [0.3, 0.4) is 0 Å². The van der Waals surface area contributed by atoms with E-state index in [2.05, 4.69) is 23.9 Å². The molecule has 1 aromatic heterocycles. The van der Waals surface area contributed by atoms with Crippen LogP contribution in [0.15, 0.2) is 6.33 Å². The second-order valence-corrected chi connectivity index (χ2v) is 3.34. The molecule has 0 aliphatic carbocycles. The molecule has 5 nitrogen and oxygen atoms in total. The number of hydrogen-bond acceptors (Lipinski definition) is 4. The minimum atomic E-state index is 0.154. The Morgan fingerprint density at radius 2 is 2.31 bits per heavy atom. The summed E-state index contributed by atoms with van der Waals surface area (Å²) in [5.74, 6) is 0.758. The van der Waals surface area contributed by atoms with Crippen LogP contribution in [0.25, 0.3) is 0 Å². The molecule has 5 heteroatoms. The highest BCUT2D eigenvalue weighted by molar-refractivity contribution is 5.09. The van der Waals surface area contributed by atoms with Crippen LogP contribution in [0.4, 0.5) is 5.95 Å². The number of rotatable bonds is 4. The number of nitrogen functional groups attached to an aromatic ring is 1. The quantitative estimate of drug-likeness (QED) is 0.741. The lowest BCUT2D eigenvalue weighted by Gasteiger charge is -2.18. The smallest absolute Gasteiger partial charge is 0.239 e. The predicted octanol–water partition coefficient (Wildman–Crippen LogP) is 0.531. The minimum absolute atomic E-state index is 0.154. The van der Waals surface area contributed by atoms with Crippen LogP contribution in [0.2, 0.25) is 0 Å². The lowest BCUT2D eigenvalue weighted by atomic mass is 10.1. The van der Waals surface area contributed by atoms with Gasteiger partial charge in [0, 0.05) is 7.11 Å². The van der Waals surface area contributed by atoms with Crippen LogP contribution in [0, 0.1) is 5.92 Å². The van der Waals surface area contributed by atoms with Crippen molar-refractivity contribution >= 4 is 5.95 Å². The van der Waals surface area contributed by atoms with Crippen molar-refractivity contribution in [3.8, 4) is 0 Å². The third-order valence-electron chi connectivity index (χ3n) is 1.97. The van der Waals surface area contributed by atoms with E-state index in [9.17, 15) is 0 Å². The lowest BCUT2D eigenvalue weighted by molar-refractivity contribution is 0.0483. The molecule has 13 heavy (non-hydrogen) atoms. The summed E-state index contributed by atoms with van der Waals surface area (Å²) < 4.78 is 6.99. The van der Waals surface area contributed by atoms with Gasteiger partial charge in [-0.3, -0.25) is 0 Å². The molecule has 0 aromatic carbocycles. The van der Waals surface area contributed by atoms with E-state index >= 15 is 0 Å². The zero-order valence-electron chi connectivity index (χ0n) is 8.27. The van der Waals surface area contributed by atoms with Crippen molar-refractivity contribution in [2.45, 2.75) is 26.5 Å². The topological polar surface area (TPSA) is 66.0 Å². The summed E-state index contributed by atoms with van der Waals surface area (Å²) in [6.07, 6.45) is 1.77. The third-order valence-corrected chi connectivity index (χ3v) is 1.97. The van der Waals surface area contributed by atoms with Crippen LogP contribution in [0.5, 0.6) is 0 Å². The van der Waals surface area contributed by atoms with Crippen molar-refractivity contribution in [1.29, 1.82) is 0 Å². The Morgan fingerprint density at radius 3 is 2.69 bits per heavy atom. The molecule has 1 rings (SSSR count). The van der Waals surface area contributed by atoms with E-state index < -0.39 is 0 Å². The number of hydrogen-bond donors (Lipinski definition) is 1. The van der Waals surface area contributed by atoms with E-state index in [0.717, 1.165) is 0 Å². The first-order valence-corrected chi connectivity index (χ1v) is 4.31. The van der Waals surface area contributed by atoms with E-state index in [0.29, 0.717) is 18.4 Å². The molecule has 0 spiro atoms. The molecular formula is C8H16N4O. The monoisotopic (exact) mass is 184 g/mol. The number of anilines is 1. The van der Waals surface area contributed by atoms with Gasteiger partial charge in [-0.05, 0) is 5.92 Å². The highest BCUT2D eigenvalue weighted by atomic mass is 16.5. The van der Waals surface area contributed by atoms with Crippen molar-refractivity contribution in [3.63, 3.8) is 0 Å². The van der Waals surface area contributed by atoms with Gasteiger partial charge >= 0.3 is 0 Å². The Labute approximate surface area is 77.9 Å². The molecule has 0 saturated heterocycles. The fraction of sp³-hybridized carbons (Fsp3) is 0.750. The van der Waals surface area contributed by atoms with E-state index in [1.54, 1.807) is 18.1 Å². The Hall–Kier alpha value is -1.10. The van der Waals surface area contributed by atoms with Crippen LogP contribution >= 0.6 is 0 Å². The average molecular weight is 184 g/mol. The molecular weight excluding hydrogens is 168 g/mol. The molecule has 0 amide bonds. The Morgan fingerprint density at radius 1 is 1.62 bits per heavy atom. The maximum Gasteiger partial charge on any atom is 0.239 e. The molecule has 1 unspecified atom stereocenters. The molecule has 0 saturated carbocycles. The second-order valence-electron chi connectivity index (χ2n) is 3.34. The fourth-order valence-corrected chi connectivity index (χ4v) is 1.14. The summed E-state index contributed by atoms with van der Waals surface area (Å²) in [7, 11) is 1.70. The number of nitrogens with two attached hydrogens (primary N) is 1. The van der Waals surface area contributed by atoms with Gasteiger partial charge < -0.3 is 10.5 Å². The Bertz CT molecular complexity index is 258. The average Bonchev–Trinajstić information content (AvgIpc) is 2.46. The van der Waals surface area contributed by atoms with E-state index in [4.69, 9.17) is 10.5 Å². The summed E-state index contributed by atoms with van der Waals surface area (Å²) >= 11 is 0.